The van der Waals surface area contributed by atoms with E-state index in [4.69, 9.17) is 77.8 Å². The van der Waals surface area contributed by atoms with E-state index >= 15 is 0 Å². The molecule has 4 aromatic carbocycles. The van der Waals surface area contributed by atoms with E-state index in [1.165, 1.54) is 0 Å². The van der Waals surface area contributed by atoms with Crippen molar-refractivity contribution < 1.29 is 57.4 Å². The average molecular weight is 874 g/mol. The summed E-state index contributed by atoms with van der Waals surface area (Å²) in [4.78, 5) is 40.4. The number of ether oxygens (including phenoxy) is 8. The van der Waals surface area contributed by atoms with Gasteiger partial charge < -0.3 is 67.8 Å². The SMILES string of the molecule is COCCOc1ccc2c(c1)-c1nc-2nc2[n-]c(nc3nc(nc4[n-]c(n1)c1ccc(OCCOC)cc41)-c1ccc(OCCOC)cc1-3)c1ccc(OCCOC)cc21.[Zn+2]. The minimum atomic E-state index is 0. The van der Waals surface area contributed by atoms with Gasteiger partial charge in [0.15, 0.2) is 0 Å². The Balaban J connectivity index is 0.00000514. The zero-order valence-corrected chi connectivity index (χ0v) is 37.1. The first-order valence-electron chi connectivity index (χ1n) is 19.3. The van der Waals surface area contributed by atoms with Gasteiger partial charge in [-0.2, -0.15) is 0 Å². The third kappa shape index (κ3) is 8.61. The summed E-state index contributed by atoms with van der Waals surface area (Å²) in [6.07, 6.45) is 0. The summed E-state index contributed by atoms with van der Waals surface area (Å²) in [5.74, 6) is 4.10. The molecular formula is C44H40N8O8Zn. The van der Waals surface area contributed by atoms with Gasteiger partial charge in [0.1, 0.15) is 49.4 Å². The Morgan fingerprint density at radius 3 is 1.02 bits per heavy atom. The van der Waals surface area contributed by atoms with Gasteiger partial charge in [0.05, 0.1) is 49.7 Å². The molecule has 306 valence electrons. The Bertz CT molecular complexity index is 2690. The van der Waals surface area contributed by atoms with Crippen molar-refractivity contribution in [2.75, 3.05) is 81.3 Å². The van der Waals surface area contributed by atoms with Gasteiger partial charge in [-0.15, -0.1) is 0 Å². The van der Waals surface area contributed by atoms with Gasteiger partial charge in [0.25, 0.3) is 0 Å². The zero-order valence-electron chi connectivity index (χ0n) is 34.1. The quantitative estimate of drug-likeness (QED) is 0.0788. The van der Waals surface area contributed by atoms with Crippen LogP contribution in [-0.2, 0) is 38.4 Å². The van der Waals surface area contributed by atoms with E-state index in [9.17, 15) is 0 Å². The molecule has 0 radical (unpaired) electrons. The van der Waals surface area contributed by atoms with Gasteiger partial charge in [-0.3, -0.25) is 0 Å². The fourth-order valence-electron chi connectivity index (χ4n) is 6.91. The summed E-state index contributed by atoms with van der Waals surface area (Å²) < 4.78 is 44.9. The number of methoxy groups -OCH3 is 4. The van der Waals surface area contributed by atoms with E-state index in [1.54, 1.807) is 28.4 Å². The van der Waals surface area contributed by atoms with Crippen LogP contribution in [0.3, 0.4) is 0 Å². The number of hydrogen-bond acceptors (Lipinski definition) is 14. The summed E-state index contributed by atoms with van der Waals surface area (Å²) in [5.41, 5.74) is 4.49. The third-order valence-electron chi connectivity index (χ3n) is 9.81. The Kier molecular flexibility index (Phi) is 12.7. The molecule has 0 saturated heterocycles. The van der Waals surface area contributed by atoms with Crippen LogP contribution in [0.15, 0.2) is 72.8 Å². The van der Waals surface area contributed by atoms with Crippen LogP contribution in [0.1, 0.15) is 0 Å². The van der Waals surface area contributed by atoms with Crippen LogP contribution in [0.2, 0.25) is 0 Å². The van der Waals surface area contributed by atoms with Crippen molar-refractivity contribution in [3.63, 3.8) is 0 Å². The summed E-state index contributed by atoms with van der Waals surface area (Å²) in [6.45, 7) is 3.20. The number of benzene rings is 4. The molecule has 17 heteroatoms. The molecule has 8 bridgehead atoms. The molecule has 0 atom stereocenters. The molecule has 5 heterocycles. The van der Waals surface area contributed by atoms with Crippen molar-refractivity contribution in [3.8, 4) is 68.5 Å². The van der Waals surface area contributed by atoms with Gasteiger partial charge in [-0.05, 0) is 94.3 Å². The first kappa shape index (κ1) is 41.6. The fourth-order valence-corrected chi connectivity index (χ4v) is 6.91. The molecule has 0 unspecified atom stereocenters. The average Bonchev–Trinajstić information content (AvgIpc) is 3.99. The standard InChI is InChI=1S/C44H40N8O8.Zn/c1-53-13-17-57-25-5-9-29-33(21-25)41-45-37(29)50-42-35-23-27(59-19-15-55-3)7-11-31(35)39(47-42)52-44-36-24-28(60-20-16-56-4)8-12-32(36)40(48-44)51-43-34-22-26(58-18-14-54-2)6-10-30(34)38(46-43)49-41;/h5-12,21-24H,13-20H2,1-4H3;/q-2;+2. The van der Waals surface area contributed by atoms with Crippen LogP contribution in [0.5, 0.6) is 23.0 Å². The maximum absolute atomic E-state index is 6.02. The van der Waals surface area contributed by atoms with Crippen molar-refractivity contribution in [1.29, 1.82) is 0 Å². The molecule has 16 nitrogen and oxygen atoms in total. The number of nitrogens with zero attached hydrogens (tertiary/aromatic N) is 8. The summed E-state index contributed by atoms with van der Waals surface area (Å²) in [6, 6.07) is 22.8. The van der Waals surface area contributed by atoms with Crippen molar-refractivity contribution in [2.24, 2.45) is 0 Å². The molecule has 2 aliphatic heterocycles. The van der Waals surface area contributed by atoms with Crippen molar-refractivity contribution in [3.05, 3.63) is 72.8 Å². The largest absolute Gasteiger partial charge is 2.00 e. The van der Waals surface area contributed by atoms with Gasteiger partial charge in [-0.1, -0.05) is 0 Å². The van der Waals surface area contributed by atoms with Crippen LogP contribution in [0.4, 0.5) is 0 Å². The van der Waals surface area contributed by atoms with Crippen LogP contribution < -0.4 is 28.9 Å². The Morgan fingerprint density at radius 1 is 0.344 bits per heavy atom. The Hall–Kier alpha value is -6.10. The van der Waals surface area contributed by atoms with Crippen molar-refractivity contribution in [2.45, 2.75) is 0 Å². The maximum atomic E-state index is 6.02. The number of hydrogen-bond donors (Lipinski definition) is 0. The van der Waals surface area contributed by atoms with Crippen molar-refractivity contribution >= 4 is 44.1 Å². The van der Waals surface area contributed by atoms with E-state index in [2.05, 4.69) is 0 Å². The molecule has 0 aliphatic carbocycles. The van der Waals surface area contributed by atoms with Crippen LogP contribution in [0.25, 0.3) is 89.7 Å². The van der Waals surface area contributed by atoms with Crippen LogP contribution in [-0.4, -0.2) is 111 Å². The predicted octanol–water partition coefficient (Wildman–Crippen LogP) is 6.23. The van der Waals surface area contributed by atoms with E-state index in [1.807, 2.05) is 72.8 Å². The van der Waals surface area contributed by atoms with E-state index in [0.717, 1.165) is 21.9 Å². The van der Waals surface area contributed by atoms with Crippen LogP contribution >= 0.6 is 0 Å². The number of fused-ring (bicyclic) bond motifs is 20. The molecule has 0 spiro atoms. The molecule has 9 rings (SSSR count). The topological polar surface area (TPSA) is 179 Å². The molecule has 0 amide bonds. The van der Waals surface area contributed by atoms with Gasteiger partial charge >= 0.3 is 19.5 Å². The predicted molar refractivity (Wildman–Crippen MR) is 223 cm³/mol. The van der Waals surface area contributed by atoms with Crippen molar-refractivity contribution in [1.82, 2.24) is 39.9 Å². The number of aromatic nitrogens is 8. The molecule has 0 fully saturated rings. The molecule has 61 heavy (non-hydrogen) atoms. The normalized spacial score (nSPS) is 11.6. The fraction of sp³-hybridized carbons (Fsp3) is 0.273. The summed E-state index contributed by atoms with van der Waals surface area (Å²) >= 11 is 0. The third-order valence-corrected chi connectivity index (χ3v) is 9.81. The van der Waals surface area contributed by atoms with E-state index in [-0.39, 0.29) is 19.5 Å². The minimum Gasteiger partial charge on any atom is -0.491 e. The summed E-state index contributed by atoms with van der Waals surface area (Å²) in [5, 5.41) is 2.90. The second-order valence-corrected chi connectivity index (χ2v) is 13.7. The van der Waals surface area contributed by atoms with E-state index < -0.39 is 0 Å². The maximum Gasteiger partial charge on any atom is 2.00 e. The second kappa shape index (κ2) is 18.7. The molecular weight excluding hydrogens is 834 g/mol. The smallest absolute Gasteiger partial charge is 0.491 e. The minimum absolute atomic E-state index is 0. The zero-order chi connectivity index (χ0) is 41.0. The summed E-state index contributed by atoms with van der Waals surface area (Å²) in [7, 11) is 6.52. The molecule has 7 aromatic rings. The second-order valence-electron chi connectivity index (χ2n) is 13.7. The van der Waals surface area contributed by atoms with Gasteiger partial charge in [0.2, 0.25) is 0 Å². The molecule has 0 N–H and O–H groups in total. The monoisotopic (exact) mass is 872 g/mol. The van der Waals surface area contributed by atoms with E-state index in [0.29, 0.717) is 144 Å². The number of rotatable bonds is 16. The van der Waals surface area contributed by atoms with Gasteiger partial charge in [0, 0.05) is 73.3 Å². The molecule has 2 aliphatic rings. The first-order chi connectivity index (χ1) is 29.5. The molecule has 0 saturated carbocycles. The molecule has 3 aromatic heterocycles. The Morgan fingerprint density at radius 2 is 0.656 bits per heavy atom. The van der Waals surface area contributed by atoms with Gasteiger partial charge in [-0.25, -0.2) is 9.97 Å². The first-order valence-corrected chi connectivity index (χ1v) is 19.3. The van der Waals surface area contributed by atoms with Crippen LogP contribution in [0, 0.1) is 0 Å². The Labute approximate surface area is 362 Å².